The van der Waals surface area contributed by atoms with Gasteiger partial charge in [0, 0.05) is 24.7 Å². The number of carbonyl (C=O) groups is 1. The second kappa shape index (κ2) is 8.59. The van der Waals surface area contributed by atoms with Gasteiger partial charge in [-0.15, -0.1) is 11.3 Å². The summed E-state index contributed by atoms with van der Waals surface area (Å²) < 4.78 is 4.99. The van der Waals surface area contributed by atoms with E-state index in [2.05, 4.69) is 20.2 Å². The largest absolute Gasteiger partial charge is 0.378 e. The van der Waals surface area contributed by atoms with Crippen LogP contribution in [0, 0.1) is 0 Å². The quantitative estimate of drug-likeness (QED) is 0.602. The number of morpholine rings is 1. The van der Waals surface area contributed by atoms with E-state index in [0.29, 0.717) is 56.6 Å². The molecule has 0 radical (unpaired) electrons. The number of pyridine rings is 1. The van der Waals surface area contributed by atoms with Crippen molar-refractivity contribution in [2.24, 2.45) is 0 Å². The highest BCUT2D eigenvalue weighted by Gasteiger charge is 2.32. The number of carbonyl (C=O) groups excluding carboxylic acids is 1. The molecule has 156 valence electrons. The Morgan fingerprint density at radius 3 is 2.72 bits per heavy atom. The Labute approximate surface area is 172 Å². The molecule has 0 spiro atoms. The number of nitrogens with one attached hydrogen (secondary N) is 1. The number of hydroxylamine groups is 3. The van der Waals surface area contributed by atoms with E-state index in [1.54, 1.807) is 23.7 Å². The smallest absolute Gasteiger partial charge is 0.275 e. The molecule has 2 aliphatic rings. The van der Waals surface area contributed by atoms with Gasteiger partial charge in [0.2, 0.25) is 6.73 Å². The van der Waals surface area contributed by atoms with E-state index >= 15 is 0 Å². The number of aromatic nitrogens is 2. The molecule has 0 aromatic carbocycles. The van der Waals surface area contributed by atoms with Crippen molar-refractivity contribution in [2.45, 2.75) is 0 Å². The van der Waals surface area contributed by atoms with E-state index in [4.69, 9.17) is 4.74 Å². The fraction of sp³-hybridized carbons (Fsp3) is 0.500. The number of anilines is 3. The second-order valence-electron chi connectivity index (χ2n) is 7.11. The first-order chi connectivity index (χ1) is 14.1. The van der Waals surface area contributed by atoms with Crippen molar-refractivity contribution in [3.8, 4) is 0 Å². The molecule has 0 atom stereocenters. The van der Waals surface area contributed by atoms with Crippen molar-refractivity contribution in [1.82, 2.24) is 9.97 Å². The summed E-state index contributed by atoms with van der Waals surface area (Å²) in [7, 11) is 0. The third-order valence-corrected chi connectivity index (χ3v) is 6.08. The predicted molar refractivity (Wildman–Crippen MR) is 108 cm³/mol. The zero-order valence-corrected chi connectivity index (χ0v) is 16.8. The van der Waals surface area contributed by atoms with Crippen LogP contribution in [0.1, 0.15) is 10.5 Å². The summed E-state index contributed by atoms with van der Waals surface area (Å²) in [5.74, 6) is 0.364. The first-order valence-corrected chi connectivity index (χ1v) is 10.5. The number of quaternary nitrogens is 1. The molecule has 29 heavy (non-hydrogen) atoms. The van der Waals surface area contributed by atoms with Crippen molar-refractivity contribution in [2.75, 3.05) is 74.3 Å². The van der Waals surface area contributed by atoms with E-state index < -0.39 is 0 Å². The summed E-state index contributed by atoms with van der Waals surface area (Å²) in [6, 6.07) is 3.57. The molecule has 4 heterocycles. The Hall–Kier alpha value is -2.31. The number of rotatable bonds is 5. The van der Waals surface area contributed by atoms with Crippen LogP contribution in [0.4, 0.5) is 16.6 Å². The van der Waals surface area contributed by atoms with Crippen molar-refractivity contribution in [3.63, 3.8) is 0 Å². The van der Waals surface area contributed by atoms with Crippen LogP contribution in [-0.4, -0.2) is 90.0 Å². The number of thiazole rings is 1. The van der Waals surface area contributed by atoms with Crippen molar-refractivity contribution in [3.05, 3.63) is 29.4 Å². The zero-order chi connectivity index (χ0) is 20.3. The average molecular weight is 422 g/mol. The van der Waals surface area contributed by atoms with E-state index in [0.717, 1.165) is 18.2 Å². The van der Waals surface area contributed by atoms with Crippen LogP contribution in [0.15, 0.2) is 23.7 Å². The molecule has 3 N–H and O–H groups in total. The molecular formula is C18H25N6O4S+. The van der Waals surface area contributed by atoms with Gasteiger partial charge in [0.1, 0.15) is 18.8 Å². The van der Waals surface area contributed by atoms with Crippen LogP contribution in [0.2, 0.25) is 0 Å². The van der Waals surface area contributed by atoms with E-state index in [1.165, 1.54) is 11.3 Å². The number of ether oxygens (including phenoxy) is 1. The minimum Gasteiger partial charge on any atom is -0.378 e. The fourth-order valence-electron chi connectivity index (χ4n) is 3.39. The second-order valence-corrected chi connectivity index (χ2v) is 7.95. The minimum absolute atomic E-state index is 0.283. The van der Waals surface area contributed by atoms with Gasteiger partial charge in [-0.1, -0.05) is 0 Å². The Bertz CT molecular complexity index is 848. The number of aliphatic hydroxyl groups is 1. The molecule has 11 heteroatoms. The van der Waals surface area contributed by atoms with Crippen LogP contribution < -0.4 is 15.1 Å². The highest BCUT2D eigenvalue weighted by molar-refractivity contribution is 7.14. The molecule has 2 aromatic heterocycles. The molecule has 2 fully saturated rings. The Kier molecular flexibility index (Phi) is 5.92. The lowest BCUT2D eigenvalue weighted by Gasteiger charge is -2.38. The maximum atomic E-state index is 12.8. The summed E-state index contributed by atoms with van der Waals surface area (Å²) in [5, 5.41) is 25.0. The maximum absolute atomic E-state index is 12.8. The lowest BCUT2D eigenvalue weighted by molar-refractivity contribution is -1.11. The van der Waals surface area contributed by atoms with Crippen LogP contribution in [0.5, 0.6) is 0 Å². The predicted octanol–water partition coefficient (Wildman–Crippen LogP) is 0.603. The Morgan fingerprint density at radius 2 is 2.00 bits per heavy atom. The molecule has 1 amide bonds. The van der Waals surface area contributed by atoms with Crippen LogP contribution in [0.25, 0.3) is 0 Å². The number of nitrogens with zero attached hydrogens (tertiary/aromatic N) is 5. The number of hydrogen-bond acceptors (Lipinski definition) is 9. The van der Waals surface area contributed by atoms with Crippen molar-refractivity contribution in [1.29, 1.82) is 0 Å². The lowest BCUT2D eigenvalue weighted by Crippen LogP contribution is -2.58. The Balaban J connectivity index is 1.45. The number of hydrogen-bond donors (Lipinski definition) is 3. The SMILES string of the molecule is O=C(Nc1cccnc1N1CC[N+](O)(CO)CC1)c1csc(N2CCOCC2)n1. The molecule has 10 nitrogen and oxygen atoms in total. The van der Waals surface area contributed by atoms with Gasteiger partial charge in [-0.05, 0) is 12.1 Å². The van der Waals surface area contributed by atoms with Crippen molar-refractivity contribution >= 4 is 33.9 Å². The summed E-state index contributed by atoms with van der Waals surface area (Å²) in [6.45, 7) is 4.38. The van der Waals surface area contributed by atoms with Crippen molar-refractivity contribution < 1.29 is 24.5 Å². The van der Waals surface area contributed by atoms with Gasteiger partial charge in [-0.2, -0.15) is 4.65 Å². The first-order valence-electron chi connectivity index (χ1n) is 9.57. The molecule has 2 aromatic rings. The summed E-state index contributed by atoms with van der Waals surface area (Å²) in [4.78, 5) is 25.8. The number of piperazine rings is 1. The summed E-state index contributed by atoms with van der Waals surface area (Å²) in [5.41, 5.74) is 0.969. The normalized spacial score (nSPS) is 19.2. The fourth-order valence-corrected chi connectivity index (χ4v) is 4.25. The third-order valence-electron chi connectivity index (χ3n) is 5.18. The van der Waals surface area contributed by atoms with Gasteiger partial charge in [0.25, 0.3) is 5.91 Å². The van der Waals surface area contributed by atoms with Crippen LogP contribution >= 0.6 is 11.3 Å². The monoisotopic (exact) mass is 421 g/mol. The number of amides is 1. The van der Waals surface area contributed by atoms with E-state index in [1.807, 2.05) is 4.90 Å². The topological polar surface area (TPSA) is 111 Å². The standard InChI is InChI=1S/C18H24N6O4S/c25-13-24(27)8-4-22(5-9-24)16-14(2-1-3-19-16)20-17(26)15-12-29-18(21-15)23-6-10-28-11-7-23/h1-3,12,25,27H,4-11,13H2/p+1. The molecule has 0 bridgehead atoms. The molecule has 0 aliphatic carbocycles. The summed E-state index contributed by atoms with van der Waals surface area (Å²) >= 11 is 1.45. The highest BCUT2D eigenvalue weighted by atomic mass is 32.1. The molecule has 2 aliphatic heterocycles. The molecule has 0 unspecified atom stereocenters. The third kappa shape index (κ3) is 4.49. The molecule has 0 saturated carbocycles. The van der Waals surface area contributed by atoms with E-state index in [-0.39, 0.29) is 17.3 Å². The maximum Gasteiger partial charge on any atom is 0.275 e. The van der Waals surface area contributed by atoms with E-state index in [9.17, 15) is 15.1 Å². The lowest BCUT2D eigenvalue weighted by atomic mass is 10.2. The van der Waals surface area contributed by atoms with Gasteiger partial charge in [-0.25, -0.2) is 15.2 Å². The average Bonchev–Trinajstić information content (AvgIpc) is 3.26. The van der Waals surface area contributed by atoms with Gasteiger partial charge in [0.15, 0.2) is 10.9 Å². The molecule has 4 rings (SSSR count). The van der Waals surface area contributed by atoms with Gasteiger partial charge < -0.3 is 25.0 Å². The minimum atomic E-state index is -0.367. The van der Waals surface area contributed by atoms with Gasteiger partial charge in [-0.3, -0.25) is 4.79 Å². The molecule has 2 saturated heterocycles. The number of aliphatic hydroxyl groups excluding tert-OH is 1. The highest BCUT2D eigenvalue weighted by Crippen LogP contribution is 2.27. The van der Waals surface area contributed by atoms with Gasteiger partial charge >= 0.3 is 0 Å². The first kappa shape index (κ1) is 20.0. The van der Waals surface area contributed by atoms with Crippen LogP contribution in [-0.2, 0) is 4.74 Å². The summed E-state index contributed by atoms with van der Waals surface area (Å²) in [6.07, 6.45) is 1.67. The molecular weight excluding hydrogens is 396 g/mol. The van der Waals surface area contributed by atoms with Gasteiger partial charge in [0.05, 0.1) is 32.0 Å². The zero-order valence-electron chi connectivity index (χ0n) is 16.0. The Morgan fingerprint density at radius 1 is 1.24 bits per heavy atom. The van der Waals surface area contributed by atoms with Crippen LogP contribution in [0.3, 0.4) is 0 Å².